The van der Waals surface area contributed by atoms with Gasteiger partial charge < -0.3 is 9.47 Å². The molecular formula is C19H23F5O2. The molecule has 0 N–H and O–H groups in total. The van der Waals surface area contributed by atoms with Crippen LogP contribution in [0.1, 0.15) is 45.4 Å². The Kier molecular flexibility index (Phi) is 7.29. The smallest absolute Gasteiger partial charge is 0.400 e. The number of rotatable bonds is 8. The molecular weight excluding hydrogens is 355 g/mol. The SMILES string of the molecule is CCCC1CCC(C(F)(F)Oc2ccc(O/C=C/C(F)F)c(F)c2)CC1. The third kappa shape index (κ3) is 5.88. The van der Waals surface area contributed by atoms with Crippen LogP contribution >= 0.6 is 0 Å². The molecule has 146 valence electrons. The molecule has 0 aliphatic heterocycles. The van der Waals surface area contributed by atoms with E-state index >= 15 is 0 Å². The lowest BCUT2D eigenvalue weighted by molar-refractivity contribution is -0.223. The Morgan fingerprint density at radius 1 is 1.19 bits per heavy atom. The zero-order valence-electron chi connectivity index (χ0n) is 14.6. The predicted octanol–water partition coefficient (Wildman–Crippen LogP) is 6.56. The van der Waals surface area contributed by atoms with E-state index in [2.05, 4.69) is 6.92 Å². The molecule has 1 aromatic rings. The molecule has 0 bridgehead atoms. The summed E-state index contributed by atoms with van der Waals surface area (Å²) in [5.41, 5.74) is 0. The van der Waals surface area contributed by atoms with Gasteiger partial charge in [0, 0.05) is 12.1 Å². The van der Waals surface area contributed by atoms with E-state index in [9.17, 15) is 22.0 Å². The quantitative estimate of drug-likeness (QED) is 0.377. The van der Waals surface area contributed by atoms with Gasteiger partial charge in [-0.2, -0.15) is 8.78 Å². The van der Waals surface area contributed by atoms with Gasteiger partial charge in [-0.3, -0.25) is 0 Å². The van der Waals surface area contributed by atoms with E-state index in [0.717, 1.165) is 43.9 Å². The number of alkyl halides is 4. The molecule has 2 rings (SSSR count). The van der Waals surface area contributed by atoms with Crippen LogP contribution in [0, 0.1) is 17.7 Å². The predicted molar refractivity (Wildman–Crippen MR) is 88.1 cm³/mol. The summed E-state index contributed by atoms with van der Waals surface area (Å²) >= 11 is 0. The van der Waals surface area contributed by atoms with Crippen LogP contribution in [0.3, 0.4) is 0 Å². The van der Waals surface area contributed by atoms with Crippen molar-refractivity contribution in [1.82, 2.24) is 0 Å². The van der Waals surface area contributed by atoms with Gasteiger partial charge >= 0.3 is 6.11 Å². The fourth-order valence-electron chi connectivity index (χ4n) is 3.25. The maximum Gasteiger partial charge on any atom is 0.400 e. The van der Waals surface area contributed by atoms with Crippen LogP contribution in [0.2, 0.25) is 0 Å². The summed E-state index contributed by atoms with van der Waals surface area (Å²) in [4.78, 5) is 0. The van der Waals surface area contributed by atoms with E-state index in [0.29, 0.717) is 31.1 Å². The number of hydrogen-bond acceptors (Lipinski definition) is 2. The second-order valence-corrected chi connectivity index (χ2v) is 6.54. The maximum atomic E-state index is 14.4. The first-order chi connectivity index (χ1) is 12.3. The average Bonchev–Trinajstić information content (AvgIpc) is 2.57. The largest absolute Gasteiger partial charge is 0.462 e. The number of ether oxygens (including phenoxy) is 2. The topological polar surface area (TPSA) is 18.5 Å². The van der Waals surface area contributed by atoms with Crippen molar-refractivity contribution in [2.45, 2.75) is 58.0 Å². The van der Waals surface area contributed by atoms with E-state index in [4.69, 9.17) is 9.47 Å². The van der Waals surface area contributed by atoms with E-state index in [1.54, 1.807) is 0 Å². The number of allylic oxidation sites excluding steroid dienone is 1. The van der Waals surface area contributed by atoms with Crippen LogP contribution in [0.5, 0.6) is 11.5 Å². The first-order valence-corrected chi connectivity index (χ1v) is 8.79. The number of hydrogen-bond donors (Lipinski definition) is 0. The van der Waals surface area contributed by atoms with Crippen LogP contribution in [0.4, 0.5) is 22.0 Å². The van der Waals surface area contributed by atoms with Gasteiger partial charge in [0.25, 0.3) is 6.43 Å². The first kappa shape index (κ1) is 20.5. The highest BCUT2D eigenvalue weighted by Gasteiger charge is 2.43. The first-order valence-electron chi connectivity index (χ1n) is 8.79. The molecule has 1 aliphatic rings. The molecule has 0 amide bonds. The van der Waals surface area contributed by atoms with Crippen LogP contribution in [0.25, 0.3) is 0 Å². The van der Waals surface area contributed by atoms with Gasteiger partial charge in [0.1, 0.15) is 5.75 Å². The minimum Gasteiger partial charge on any atom is -0.462 e. The summed E-state index contributed by atoms with van der Waals surface area (Å²) in [5.74, 6) is -2.05. The molecule has 0 atom stereocenters. The molecule has 0 aromatic heterocycles. The molecule has 0 spiro atoms. The highest BCUT2D eigenvalue weighted by molar-refractivity contribution is 5.33. The lowest BCUT2D eigenvalue weighted by atomic mass is 9.79. The van der Waals surface area contributed by atoms with Crippen LogP contribution in [-0.4, -0.2) is 12.5 Å². The van der Waals surface area contributed by atoms with Crippen molar-refractivity contribution in [3.05, 3.63) is 36.4 Å². The number of benzene rings is 1. The van der Waals surface area contributed by atoms with Crippen LogP contribution in [-0.2, 0) is 0 Å². The summed E-state index contributed by atoms with van der Waals surface area (Å²) < 4.78 is 76.0. The minimum absolute atomic E-state index is 0.326. The summed E-state index contributed by atoms with van der Waals surface area (Å²) in [5, 5.41) is 0. The van der Waals surface area contributed by atoms with Crippen molar-refractivity contribution in [3.63, 3.8) is 0 Å². The fraction of sp³-hybridized carbons (Fsp3) is 0.579. The Balaban J connectivity index is 1.95. The van der Waals surface area contributed by atoms with E-state index in [1.807, 2.05) is 0 Å². The Morgan fingerprint density at radius 2 is 1.88 bits per heavy atom. The molecule has 1 saturated carbocycles. The molecule has 0 saturated heterocycles. The van der Waals surface area contributed by atoms with Crippen molar-refractivity contribution in [2.75, 3.05) is 0 Å². The van der Waals surface area contributed by atoms with Crippen LogP contribution < -0.4 is 9.47 Å². The van der Waals surface area contributed by atoms with Crippen molar-refractivity contribution in [2.24, 2.45) is 11.8 Å². The van der Waals surface area contributed by atoms with Crippen molar-refractivity contribution in [3.8, 4) is 11.5 Å². The van der Waals surface area contributed by atoms with Gasteiger partial charge in [-0.1, -0.05) is 19.8 Å². The van der Waals surface area contributed by atoms with Gasteiger partial charge in [0.15, 0.2) is 11.6 Å². The van der Waals surface area contributed by atoms with Gasteiger partial charge in [0.05, 0.1) is 12.2 Å². The third-order valence-corrected chi connectivity index (χ3v) is 4.60. The lowest BCUT2D eigenvalue weighted by Gasteiger charge is -2.33. The second kappa shape index (κ2) is 9.24. The molecule has 1 fully saturated rings. The van der Waals surface area contributed by atoms with E-state index < -0.39 is 24.3 Å². The normalized spacial score (nSPS) is 21.3. The van der Waals surface area contributed by atoms with Gasteiger partial charge in [-0.05, 0) is 43.7 Å². The van der Waals surface area contributed by atoms with Gasteiger partial charge in [-0.15, -0.1) is 0 Å². The summed E-state index contributed by atoms with van der Waals surface area (Å²) in [6, 6.07) is 2.96. The van der Waals surface area contributed by atoms with Crippen LogP contribution in [0.15, 0.2) is 30.5 Å². The zero-order chi connectivity index (χ0) is 19.2. The molecule has 7 heteroatoms. The molecule has 0 unspecified atom stereocenters. The fourth-order valence-corrected chi connectivity index (χ4v) is 3.25. The molecule has 0 heterocycles. The molecule has 26 heavy (non-hydrogen) atoms. The highest BCUT2D eigenvalue weighted by atomic mass is 19.3. The van der Waals surface area contributed by atoms with Crippen molar-refractivity contribution < 1.29 is 31.4 Å². The minimum atomic E-state index is -3.39. The number of halogens is 5. The van der Waals surface area contributed by atoms with E-state index in [1.165, 1.54) is 0 Å². The monoisotopic (exact) mass is 378 g/mol. The molecule has 1 aromatic carbocycles. The summed E-state index contributed by atoms with van der Waals surface area (Å²) in [6.45, 7) is 2.08. The lowest BCUT2D eigenvalue weighted by Crippen LogP contribution is -2.37. The van der Waals surface area contributed by atoms with Crippen molar-refractivity contribution >= 4 is 0 Å². The van der Waals surface area contributed by atoms with Gasteiger partial charge in [-0.25, -0.2) is 13.2 Å². The standard InChI is InChI=1S/C19H23F5O2/c1-2-3-13-4-6-14(7-5-13)19(23,24)26-15-8-9-17(16(20)12-15)25-11-10-18(21)22/h8-14,18H,2-7H2,1H3/b11-10+. The average molecular weight is 378 g/mol. The Labute approximate surface area is 150 Å². The zero-order valence-corrected chi connectivity index (χ0v) is 14.6. The van der Waals surface area contributed by atoms with Gasteiger partial charge in [0.2, 0.25) is 0 Å². The molecule has 2 nitrogen and oxygen atoms in total. The van der Waals surface area contributed by atoms with Crippen molar-refractivity contribution in [1.29, 1.82) is 0 Å². The second-order valence-electron chi connectivity index (χ2n) is 6.54. The molecule has 0 radical (unpaired) electrons. The summed E-state index contributed by atoms with van der Waals surface area (Å²) in [6.07, 6.45) is -0.703. The van der Waals surface area contributed by atoms with E-state index in [-0.39, 0.29) is 11.5 Å². The Bertz CT molecular complexity index is 596. The maximum absolute atomic E-state index is 14.4. The highest BCUT2D eigenvalue weighted by Crippen LogP contribution is 2.41. The molecule has 1 aliphatic carbocycles. The summed E-state index contributed by atoms with van der Waals surface area (Å²) in [7, 11) is 0. The third-order valence-electron chi connectivity index (χ3n) is 4.60. The Hall–Kier alpha value is -1.79. The Morgan fingerprint density at radius 3 is 2.46 bits per heavy atom.